The number of sulfonamides is 1. The van der Waals surface area contributed by atoms with Crippen LogP contribution in [0.25, 0.3) is 22.5 Å². The van der Waals surface area contributed by atoms with Gasteiger partial charge in [-0.05, 0) is 24.3 Å². The zero-order chi connectivity index (χ0) is 24.7. The number of aromatic nitrogens is 6. The van der Waals surface area contributed by atoms with E-state index in [1.165, 1.54) is 49.1 Å². The molecule has 0 aliphatic rings. The number of imidazole rings is 1. The van der Waals surface area contributed by atoms with Gasteiger partial charge in [-0.3, -0.25) is 4.72 Å². The van der Waals surface area contributed by atoms with Crippen LogP contribution in [-0.4, -0.2) is 44.9 Å². The van der Waals surface area contributed by atoms with Gasteiger partial charge in [-0.2, -0.15) is 10.2 Å². The second-order valence-corrected chi connectivity index (χ2v) is 9.23. The van der Waals surface area contributed by atoms with E-state index in [4.69, 9.17) is 16.3 Å². The maximum atomic E-state index is 15.5. The third-order valence-corrected chi connectivity index (χ3v) is 6.58. The van der Waals surface area contributed by atoms with Crippen LogP contribution in [0.15, 0.2) is 66.3 Å². The van der Waals surface area contributed by atoms with Crippen molar-refractivity contribution in [3.8, 4) is 22.8 Å². The Hall–Kier alpha value is -4.10. The number of hydrogen-bond acceptors (Lipinski definition) is 7. The summed E-state index contributed by atoms with van der Waals surface area (Å²) < 4.78 is 64.7. The molecule has 0 amide bonds. The summed E-state index contributed by atoms with van der Waals surface area (Å²) in [6, 6.07) is 6.12. The van der Waals surface area contributed by atoms with Gasteiger partial charge in [0.2, 0.25) is 5.88 Å². The number of nitrogens with one attached hydrogen (secondary N) is 1. The van der Waals surface area contributed by atoms with Gasteiger partial charge in [-0.1, -0.05) is 17.7 Å². The second-order valence-electron chi connectivity index (χ2n) is 7.15. The molecule has 0 saturated heterocycles. The zero-order valence-corrected chi connectivity index (χ0v) is 19.3. The van der Waals surface area contributed by atoms with Gasteiger partial charge in [-0.25, -0.2) is 27.2 Å². The minimum atomic E-state index is -4.39. The van der Waals surface area contributed by atoms with Crippen LogP contribution in [0.4, 0.5) is 14.5 Å². The number of nitrogens with zero attached hydrogens (tertiary/aromatic N) is 6. The Morgan fingerprint density at radius 2 is 1.86 bits per heavy atom. The number of rotatable bonds is 6. The molecule has 0 aliphatic heterocycles. The fourth-order valence-electron chi connectivity index (χ4n) is 3.46. The number of halogens is 3. The molecule has 1 N–H and O–H groups in total. The van der Waals surface area contributed by atoms with E-state index in [2.05, 4.69) is 24.9 Å². The highest BCUT2D eigenvalue weighted by atomic mass is 35.5. The van der Waals surface area contributed by atoms with Gasteiger partial charge in [0, 0.05) is 18.0 Å². The van der Waals surface area contributed by atoms with Crippen molar-refractivity contribution < 1.29 is 21.9 Å². The summed E-state index contributed by atoms with van der Waals surface area (Å²) in [5.41, 5.74) is -0.178. The smallest absolute Gasteiger partial charge is 0.267 e. The van der Waals surface area contributed by atoms with Crippen molar-refractivity contribution in [1.29, 1.82) is 0 Å². The van der Waals surface area contributed by atoms with Crippen molar-refractivity contribution in [2.45, 2.75) is 4.90 Å². The van der Waals surface area contributed by atoms with Gasteiger partial charge >= 0.3 is 0 Å². The molecule has 0 bridgehead atoms. The van der Waals surface area contributed by atoms with E-state index in [1.807, 2.05) is 0 Å². The molecule has 0 saturated carbocycles. The average molecular weight is 518 g/mol. The quantitative estimate of drug-likeness (QED) is 0.365. The van der Waals surface area contributed by atoms with Gasteiger partial charge in [0.25, 0.3) is 10.0 Å². The maximum Gasteiger partial charge on any atom is 0.267 e. The largest absolute Gasteiger partial charge is 0.480 e. The molecule has 5 aromatic rings. The van der Waals surface area contributed by atoms with E-state index < -0.39 is 37.8 Å². The molecule has 0 spiro atoms. The molecule has 5 rings (SSSR count). The lowest BCUT2D eigenvalue weighted by atomic mass is 10.1. The number of anilines is 1. The summed E-state index contributed by atoms with van der Waals surface area (Å²) in [4.78, 5) is 8.95. The first-order chi connectivity index (χ1) is 16.8. The fraction of sp³-hybridized carbons (Fsp3) is 0.0476. The summed E-state index contributed by atoms with van der Waals surface area (Å²) in [6.07, 6.45) is 7.09. The summed E-state index contributed by atoms with van der Waals surface area (Å²) in [5, 5.41) is 8.09. The van der Waals surface area contributed by atoms with Crippen LogP contribution >= 0.6 is 11.6 Å². The average Bonchev–Trinajstić information content (AvgIpc) is 3.50. The second kappa shape index (κ2) is 8.60. The molecular weight excluding hydrogens is 504 g/mol. The minimum Gasteiger partial charge on any atom is -0.480 e. The number of pyridine rings is 2. The number of methoxy groups -OCH3 is 1. The lowest BCUT2D eigenvalue weighted by Crippen LogP contribution is -2.16. The van der Waals surface area contributed by atoms with Crippen LogP contribution in [0.3, 0.4) is 0 Å². The van der Waals surface area contributed by atoms with Crippen LogP contribution in [0.2, 0.25) is 5.02 Å². The van der Waals surface area contributed by atoms with E-state index in [9.17, 15) is 12.8 Å². The lowest BCUT2D eigenvalue weighted by Gasteiger charge is -2.14. The van der Waals surface area contributed by atoms with Crippen LogP contribution in [0.1, 0.15) is 0 Å². The van der Waals surface area contributed by atoms with E-state index in [0.717, 1.165) is 18.2 Å². The third-order valence-electron chi connectivity index (χ3n) is 5.01. The number of hydrogen-bond donors (Lipinski definition) is 1. The number of benzene rings is 1. The van der Waals surface area contributed by atoms with Crippen LogP contribution in [-0.2, 0) is 10.0 Å². The van der Waals surface area contributed by atoms with Crippen molar-refractivity contribution in [3.05, 3.63) is 78.1 Å². The molecule has 4 heterocycles. The SMILES string of the molecule is COc1ncc(Cl)cc1S(=O)(=O)Nc1ccc(F)c(-c2ccc3c(-n4nccn4)ncn3c2)c1F. The zero-order valence-electron chi connectivity index (χ0n) is 17.7. The maximum absolute atomic E-state index is 15.5. The third kappa shape index (κ3) is 4.04. The minimum absolute atomic E-state index is 0.0322. The molecule has 178 valence electrons. The predicted octanol–water partition coefficient (Wildman–Crippen LogP) is 3.72. The molecule has 0 aliphatic carbocycles. The van der Waals surface area contributed by atoms with Crippen molar-refractivity contribution in [3.63, 3.8) is 0 Å². The van der Waals surface area contributed by atoms with Gasteiger partial charge < -0.3 is 9.14 Å². The molecule has 14 heteroatoms. The van der Waals surface area contributed by atoms with E-state index in [1.54, 1.807) is 10.5 Å². The Bertz CT molecular complexity index is 1670. The van der Waals surface area contributed by atoms with E-state index >= 15 is 4.39 Å². The molecule has 10 nitrogen and oxygen atoms in total. The summed E-state index contributed by atoms with van der Waals surface area (Å²) in [5.74, 6) is -1.82. The van der Waals surface area contributed by atoms with Crippen molar-refractivity contribution in [2.75, 3.05) is 11.8 Å². The van der Waals surface area contributed by atoms with E-state index in [0.29, 0.717) is 11.3 Å². The Labute approximate surface area is 201 Å². The summed E-state index contributed by atoms with van der Waals surface area (Å²) in [7, 11) is -3.16. The van der Waals surface area contributed by atoms with Crippen molar-refractivity contribution in [2.24, 2.45) is 0 Å². The van der Waals surface area contributed by atoms with Crippen LogP contribution in [0.5, 0.6) is 5.88 Å². The molecule has 0 atom stereocenters. The highest BCUT2D eigenvalue weighted by Gasteiger charge is 2.25. The van der Waals surface area contributed by atoms with Crippen molar-refractivity contribution >= 4 is 32.8 Å². The standard InChI is InChI=1S/C21H14ClF2N7O3S/c1-34-21-17(8-13(22)9-25-21)35(32,33)29-15-4-3-14(23)18(19(15)24)12-2-5-16-20(26-11-30(16)10-12)31-27-6-7-28-31/h2-11,29H,1H3. The number of ether oxygens (including phenoxy) is 1. The highest BCUT2D eigenvalue weighted by Crippen LogP contribution is 2.33. The normalized spacial score (nSPS) is 11.7. The molecule has 4 aromatic heterocycles. The van der Waals surface area contributed by atoms with Crippen LogP contribution in [0, 0.1) is 11.6 Å². The Morgan fingerprint density at radius 1 is 1.09 bits per heavy atom. The molecule has 0 radical (unpaired) electrons. The lowest BCUT2D eigenvalue weighted by molar-refractivity contribution is 0.385. The van der Waals surface area contributed by atoms with Gasteiger partial charge in [0.1, 0.15) is 12.1 Å². The molecule has 0 fully saturated rings. The van der Waals surface area contributed by atoms with Crippen molar-refractivity contribution in [1.82, 2.24) is 29.4 Å². The molecule has 0 unspecified atom stereocenters. The summed E-state index contributed by atoms with van der Waals surface area (Å²) >= 11 is 5.87. The first-order valence-corrected chi connectivity index (χ1v) is 11.7. The number of fused-ring (bicyclic) bond motifs is 1. The Kier molecular flexibility index (Phi) is 5.57. The van der Waals surface area contributed by atoms with Crippen LogP contribution < -0.4 is 9.46 Å². The topological polar surface area (TPSA) is 116 Å². The highest BCUT2D eigenvalue weighted by molar-refractivity contribution is 7.92. The molecular formula is C21H14ClF2N7O3S. The van der Waals surface area contributed by atoms with Gasteiger partial charge in [-0.15, -0.1) is 4.80 Å². The Morgan fingerprint density at radius 3 is 2.60 bits per heavy atom. The fourth-order valence-corrected chi connectivity index (χ4v) is 4.89. The first kappa shape index (κ1) is 22.7. The molecule has 1 aromatic carbocycles. The first-order valence-electron chi connectivity index (χ1n) is 9.82. The van der Waals surface area contributed by atoms with Gasteiger partial charge in [0.15, 0.2) is 16.5 Å². The predicted molar refractivity (Wildman–Crippen MR) is 122 cm³/mol. The monoisotopic (exact) mass is 517 g/mol. The summed E-state index contributed by atoms with van der Waals surface area (Å²) in [6.45, 7) is 0. The Balaban J connectivity index is 1.56. The molecule has 35 heavy (non-hydrogen) atoms. The van der Waals surface area contributed by atoms with E-state index in [-0.39, 0.29) is 16.5 Å². The van der Waals surface area contributed by atoms with Gasteiger partial charge in [0.05, 0.1) is 41.3 Å².